The van der Waals surface area contributed by atoms with Gasteiger partial charge in [-0.3, -0.25) is 9.59 Å². The molecule has 0 saturated heterocycles. The molecule has 0 aliphatic carbocycles. The van der Waals surface area contributed by atoms with Crippen molar-refractivity contribution in [3.8, 4) is 0 Å². The van der Waals surface area contributed by atoms with E-state index in [1.54, 1.807) is 49.4 Å². The van der Waals surface area contributed by atoms with Gasteiger partial charge in [-0.05, 0) is 61.0 Å². The number of amides is 2. The minimum Gasteiger partial charge on any atom is -0.322 e. The average Bonchev–Trinajstić information content (AvgIpc) is 2.69. The van der Waals surface area contributed by atoms with E-state index < -0.39 is 0 Å². The van der Waals surface area contributed by atoms with E-state index >= 15 is 0 Å². The second-order valence-electron chi connectivity index (χ2n) is 6.14. The molecule has 0 aliphatic heterocycles. The fraction of sp³-hybridized carbons (Fsp3) is 0.0476. The zero-order valence-electron chi connectivity index (χ0n) is 15.0. The molecule has 0 aliphatic rings. The third kappa shape index (κ3) is 5.03. The van der Waals surface area contributed by atoms with E-state index in [2.05, 4.69) is 10.6 Å². The Balaban J connectivity index is 1.80. The summed E-state index contributed by atoms with van der Waals surface area (Å²) in [5.41, 5.74) is 2.52. The molecule has 0 aromatic heterocycles. The largest absolute Gasteiger partial charge is 0.322 e. The van der Waals surface area contributed by atoms with Crippen molar-refractivity contribution >= 4 is 69.6 Å². The highest BCUT2D eigenvalue weighted by Gasteiger charge is 2.14. The van der Waals surface area contributed by atoms with Crippen LogP contribution in [0, 0.1) is 6.92 Å². The SMILES string of the molecule is Cc1c(NC(=O)c2ccc(Cl)c(Cl)c2)cccc1NC(=O)c1ccc(Cl)c(Cl)c1. The van der Waals surface area contributed by atoms with Crippen LogP contribution in [0.4, 0.5) is 11.4 Å². The Morgan fingerprint density at radius 2 is 1.07 bits per heavy atom. The van der Waals surface area contributed by atoms with Crippen LogP contribution >= 0.6 is 46.4 Å². The summed E-state index contributed by atoms with van der Waals surface area (Å²) in [5.74, 6) is -0.695. The lowest BCUT2D eigenvalue weighted by Crippen LogP contribution is -2.15. The maximum absolute atomic E-state index is 12.5. The summed E-state index contributed by atoms with van der Waals surface area (Å²) in [4.78, 5) is 25.1. The molecule has 0 heterocycles. The first-order valence-electron chi connectivity index (χ1n) is 8.38. The quantitative estimate of drug-likeness (QED) is 0.429. The first kappa shape index (κ1) is 21.5. The minimum atomic E-state index is -0.348. The lowest BCUT2D eigenvalue weighted by Gasteiger charge is -2.14. The Bertz CT molecular complexity index is 1030. The van der Waals surface area contributed by atoms with Crippen molar-refractivity contribution in [2.45, 2.75) is 6.92 Å². The van der Waals surface area contributed by atoms with E-state index in [9.17, 15) is 9.59 Å². The van der Waals surface area contributed by atoms with Crippen molar-refractivity contribution in [1.82, 2.24) is 0 Å². The predicted molar refractivity (Wildman–Crippen MR) is 120 cm³/mol. The number of benzene rings is 3. The fourth-order valence-electron chi connectivity index (χ4n) is 2.57. The Labute approximate surface area is 187 Å². The number of carbonyl (C=O) groups is 2. The normalized spacial score (nSPS) is 10.5. The number of hydrogen-bond donors (Lipinski definition) is 2. The lowest BCUT2D eigenvalue weighted by atomic mass is 10.1. The minimum absolute atomic E-state index is 0.290. The van der Waals surface area contributed by atoms with Gasteiger partial charge in [0.25, 0.3) is 11.8 Å². The van der Waals surface area contributed by atoms with Gasteiger partial charge in [-0.15, -0.1) is 0 Å². The van der Waals surface area contributed by atoms with E-state index in [0.717, 1.165) is 0 Å². The first-order valence-corrected chi connectivity index (χ1v) is 9.90. The van der Waals surface area contributed by atoms with Gasteiger partial charge in [0.15, 0.2) is 0 Å². The summed E-state index contributed by atoms with van der Waals surface area (Å²) < 4.78 is 0. The average molecular weight is 468 g/mol. The zero-order chi connectivity index (χ0) is 21.1. The second-order valence-corrected chi connectivity index (χ2v) is 7.77. The molecule has 0 unspecified atom stereocenters. The van der Waals surface area contributed by atoms with Crippen LogP contribution in [0.3, 0.4) is 0 Å². The number of carbonyl (C=O) groups excluding carboxylic acids is 2. The molecule has 0 spiro atoms. The van der Waals surface area contributed by atoms with E-state index in [4.69, 9.17) is 46.4 Å². The number of hydrogen-bond acceptors (Lipinski definition) is 2. The van der Waals surface area contributed by atoms with Crippen LogP contribution in [0.15, 0.2) is 54.6 Å². The summed E-state index contributed by atoms with van der Waals surface area (Å²) in [5, 5.41) is 6.94. The Morgan fingerprint density at radius 1 is 0.655 bits per heavy atom. The van der Waals surface area contributed by atoms with Crippen LogP contribution < -0.4 is 10.6 Å². The van der Waals surface area contributed by atoms with Gasteiger partial charge in [0.05, 0.1) is 20.1 Å². The van der Waals surface area contributed by atoms with Gasteiger partial charge in [-0.1, -0.05) is 52.5 Å². The van der Waals surface area contributed by atoms with Crippen molar-refractivity contribution < 1.29 is 9.59 Å². The molecule has 3 aromatic carbocycles. The molecule has 2 N–H and O–H groups in total. The van der Waals surface area contributed by atoms with E-state index in [0.29, 0.717) is 48.2 Å². The van der Waals surface area contributed by atoms with Gasteiger partial charge in [0.1, 0.15) is 0 Å². The molecule has 4 nitrogen and oxygen atoms in total. The summed E-state index contributed by atoms with van der Waals surface area (Å²) in [6.07, 6.45) is 0. The molecule has 2 amide bonds. The molecule has 148 valence electrons. The van der Waals surface area contributed by atoms with E-state index in [1.165, 1.54) is 12.1 Å². The molecule has 0 radical (unpaired) electrons. The van der Waals surface area contributed by atoms with Crippen molar-refractivity contribution in [3.05, 3.63) is 91.4 Å². The molecule has 29 heavy (non-hydrogen) atoms. The highest BCUT2D eigenvalue weighted by atomic mass is 35.5. The van der Waals surface area contributed by atoms with E-state index in [1.807, 2.05) is 0 Å². The second kappa shape index (κ2) is 9.06. The lowest BCUT2D eigenvalue weighted by molar-refractivity contribution is 0.101. The number of anilines is 2. The fourth-order valence-corrected chi connectivity index (χ4v) is 3.17. The van der Waals surface area contributed by atoms with E-state index in [-0.39, 0.29) is 11.8 Å². The van der Waals surface area contributed by atoms with Gasteiger partial charge >= 0.3 is 0 Å². The molecule has 3 aromatic rings. The molecule has 0 bridgehead atoms. The summed E-state index contributed by atoms with van der Waals surface area (Å²) in [6, 6.07) is 14.4. The van der Waals surface area contributed by atoms with Crippen molar-refractivity contribution in [2.24, 2.45) is 0 Å². The maximum atomic E-state index is 12.5. The van der Waals surface area contributed by atoms with Gasteiger partial charge in [-0.2, -0.15) is 0 Å². The molecular formula is C21H14Cl4N2O2. The standard InChI is InChI=1S/C21H14Cl4N2O2/c1-11-18(26-20(28)12-5-7-14(22)16(24)9-12)3-2-4-19(11)27-21(29)13-6-8-15(23)17(25)10-13/h2-10H,1H3,(H,26,28)(H,27,29). The highest BCUT2D eigenvalue weighted by molar-refractivity contribution is 6.42. The van der Waals surface area contributed by atoms with Crippen molar-refractivity contribution in [1.29, 1.82) is 0 Å². The monoisotopic (exact) mass is 466 g/mol. The highest BCUT2D eigenvalue weighted by Crippen LogP contribution is 2.27. The van der Waals surface area contributed by atoms with Crippen molar-refractivity contribution in [2.75, 3.05) is 10.6 Å². The molecule has 0 saturated carbocycles. The van der Waals surface area contributed by atoms with Crippen LogP contribution in [0.5, 0.6) is 0 Å². The van der Waals surface area contributed by atoms with Gasteiger partial charge in [0.2, 0.25) is 0 Å². The van der Waals surface area contributed by atoms with Crippen LogP contribution in [-0.4, -0.2) is 11.8 Å². The molecule has 0 atom stereocenters. The van der Waals surface area contributed by atoms with Crippen LogP contribution in [0.1, 0.15) is 26.3 Å². The maximum Gasteiger partial charge on any atom is 0.255 e. The van der Waals surface area contributed by atoms with Gasteiger partial charge in [-0.25, -0.2) is 0 Å². The molecule has 0 fully saturated rings. The third-order valence-corrected chi connectivity index (χ3v) is 5.67. The Hall–Kier alpha value is -2.24. The number of nitrogens with one attached hydrogen (secondary N) is 2. The number of halogens is 4. The molecule has 8 heteroatoms. The Morgan fingerprint density at radius 3 is 1.45 bits per heavy atom. The smallest absolute Gasteiger partial charge is 0.255 e. The predicted octanol–water partition coefficient (Wildman–Crippen LogP) is 7.11. The molecular weight excluding hydrogens is 454 g/mol. The first-order chi connectivity index (χ1) is 13.8. The van der Waals surface area contributed by atoms with Crippen molar-refractivity contribution in [3.63, 3.8) is 0 Å². The van der Waals surface area contributed by atoms with Gasteiger partial charge < -0.3 is 10.6 Å². The topological polar surface area (TPSA) is 58.2 Å². The Kier molecular flexibility index (Phi) is 6.70. The zero-order valence-corrected chi connectivity index (χ0v) is 18.0. The summed E-state index contributed by atoms with van der Waals surface area (Å²) >= 11 is 23.7. The van der Waals surface area contributed by atoms with Crippen LogP contribution in [0.2, 0.25) is 20.1 Å². The summed E-state index contributed by atoms with van der Waals surface area (Å²) in [6.45, 7) is 1.79. The third-order valence-electron chi connectivity index (χ3n) is 4.19. The number of rotatable bonds is 4. The summed E-state index contributed by atoms with van der Waals surface area (Å²) in [7, 11) is 0. The molecule has 3 rings (SSSR count). The van der Waals surface area contributed by atoms with Crippen LogP contribution in [0.25, 0.3) is 0 Å². The van der Waals surface area contributed by atoms with Gasteiger partial charge in [0, 0.05) is 22.5 Å². The van der Waals surface area contributed by atoms with Crippen LogP contribution in [-0.2, 0) is 0 Å².